The van der Waals surface area contributed by atoms with Gasteiger partial charge in [0.25, 0.3) is 0 Å². The normalized spacial score (nSPS) is 12.5. The van der Waals surface area contributed by atoms with Crippen LogP contribution in [0.15, 0.2) is 24.3 Å². The highest BCUT2D eigenvalue weighted by atomic mass is 16.5. The van der Waals surface area contributed by atoms with Crippen LogP contribution in [-0.4, -0.2) is 6.10 Å². The molecule has 0 aliphatic carbocycles. The van der Waals surface area contributed by atoms with Crippen molar-refractivity contribution in [3.63, 3.8) is 0 Å². The van der Waals surface area contributed by atoms with Crippen LogP contribution in [0.1, 0.15) is 39.2 Å². The Labute approximate surface area is 87.1 Å². The van der Waals surface area contributed by atoms with E-state index in [0.29, 0.717) is 6.10 Å². The first kappa shape index (κ1) is 11.1. The van der Waals surface area contributed by atoms with Crippen molar-refractivity contribution in [2.24, 2.45) is 0 Å². The van der Waals surface area contributed by atoms with E-state index in [1.54, 1.807) is 0 Å². The predicted molar refractivity (Wildman–Crippen MR) is 60.8 cm³/mol. The van der Waals surface area contributed by atoms with Crippen molar-refractivity contribution in [1.29, 1.82) is 0 Å². The molecule has 1 aromatic carbocycles. The standard InChI is InChI=1S/C13H20O/c1-4-8-12-9-6-7-10-13(12)14-11(3)5-2/h6-7,9-11H,4-5,8H2,1-3H3/t11-/m1/s1. The molecular formula is C13H20O. The molecule has 1 aromatic rings. The van der Waals surface area contributed by atoms with E-state index >= 15 is 0 Å². The van der Waals surface area contributed by atoms with Crippen LogP contribution in [0, 0.1) is 0 Å². The summed E-state index contributed by atoms with van der Waals surface area (Å²) in [6.07, 6.45) is 3.64. The Morgan fingerprint density at radius 2 is 1.93 bits per heavy atom. The Hall–Kier alpha value is -0.980. The van der Waals surface area contributed by atoms with Gasteiger partial charge in [0.1, 0.15) is 5.75 Å². The summed E-state index contributed by atoms with van der Waals surface area (Å²) in [5, 5.41) is 0. The third-order valence-electron chi connectivity index (χ3n) is 2.40. The predicted octanol–water partition coefficient (Wildman–Crippen LogP) is 3.82. The first-order valence-corrected chi connectivity index (χ1v) is 5.52. The molecule has 0 aliphatic rings. The SMILES string of the molecule is CCCc1ccccc1O[C@H](C)CC. The van der Waals surface area contributed by atoms with Crippen LogP contribution >= 0.6 is 0 Å². The van der Waals surface area contributed by atoms with Gasteiger partial charge in [-0.3, -0.25) is 0 Å². The second-order valence-corrected chi connectivity index (χ2v) is 3.69. The quantitative estimate of drug-likeness (QED) is 0.689. The first-order valence-electron chi connectivity index (χ1n) is 5.52. The lowest BCUT2D eigenvalue weighted by Crippen LogP contribution is -2.10. The summed E-state index contributed by atoms with van der Waals surface area (Å²) in [6, 6.07) is 8.34. The van der Waals surface area contributed by atoms with E-state index < -0.39 is 0 Å². The molecule has 0 unspecified atom stereocenters. The van der Waals surface area contributed by atoms with Crippen LogP contribution < -0.4 is 4.74 Å². The highest BCUT2D eigenvalue weighted by molar-refractivity contribution is 5.33. The Morgan fingerprint density at radius 3 is 2.57 bits per heavy atom. The third kappa shape index (κ3) is 3.06. The van der Waals surface area contributed by atoms with Crippen molar-refractivity contribution in [1.82, 2.24) is 0 Å². The van der Waals surface area contributed by atoms with Crippen LogP contribution in [0.25, 0.3) is 0 Å². The van der Waals surface area contributed by atoms with Crippen LogP contribution in [-0.2, 0) is 6.42 Å². The van der Waals surface area contributed by atoms with Gasteiger partial charge >= 0.3 is 0 Å². The minimum absolute atomic E-state index is 0.313. The molecule has 0 heterocycles. The van der Waals surface area contributed by atoms with Gasteiger partial charge in [0.2, 0.25) is 0 Å². The van der Waals surface area contributed by atoms with Crippen LogP contribution in [0.4, 0.5) is 0 Å². The molecule has 0 radical (unpaired) electrons. The molecule has 0 amide bonds. The fourth-order valence-electron chi connectivity index (χ4n) is 1.39. The molecule has 0 aliphatic heterocycles. The van der Waals surface area contributed by atoms with E-state index in [-0.39, 0.29) is 0 Å². The van der Waals surface area contributed by atoms with Crippen LogP contribution in [0.5, 0.6) is 5.75 Å². The van der Waals surface area contributed by atoms with E-state index in [2.05, 4.69) is 39.0 Å². The van der Waals surface area contributed by atoms with E-state index in [1.807, 2.05) is 6.07 Å². The monoisotopic (exact) mass is 192 g/mol. The highest BCUT2D eigenvalue weighted by Gasteiger charge is 2.05. The Bertz CT molecular complexity index is 268. The van der Waals surface area contributed by atoms with Crippen LogP contribution in [0.3, 0.4) is 0 Å². The zero-order valence-electron chi connectivity index (χ0n) is 9.42. The summed E-state index contributed by atoms with van der Waals surface area (Å²) in [7, 11) is 0. The molecule has 0 fully saturated rings. The molecule has 1 atom stereocenters. The summed E-state index contributed by atoms with van der Waals surface area (Å²) in [6.45, 7) is 6.45. The number of hydrogen-bond donors (Lipinski definition) is 0. The summed E-state index contributed by atoms with van der Waals surface area (Å²) < 4.78 is 5.85. The minimum atomic E-state index is 0.313. The number of aryl methyl sites for hydroxylation is 1. The molecule has 0 N–H and O–H groups in total. The smallest absolute Gasteiger partial charge is 0.122 e. The van der Waals surface area contributed by atoms with Gasteiger partial charge in [-0.25, -0.2) is 0 Å². The Kier molecular flexibility index (Phi) is 4.51. The molecule has 0 aromatic heterocycles. The van der Waals surface area contributed by atoms with Crippen molar-refractivity contribution in [2.45, 2.75) is 46.1 Å². The van der Waals surface area contributed by atoms with Crippen molar-refractivity contribution in [3.05, 3.63) is 29.8 Å². The first-order chi connectivity index (χ1) is 6.77. The fraction of sp³-hybridized carbons (Fsp3) is 0.538. The van der Waals surface area contributed by atoms with Gasteiger partial charge in [0.05, 0.1) is 6.10 Å². The lowest BCUT2D eigenvalue weighted by atomic mass is 10.1. The zero-order chi connectivity index (χ0) is 10.4. The van der Waals surface area contributed by atoms with E-state index in [1.165, 1.54) is 12.0 Å². The largest absolute Gasteiger partial charge is 0.490 e. The lowest BCUT2D eigenvalue weighted by molar-refractivity contribution is 0.215. The maximum atomic E-state index is 5.85. The molecule has 0 saturated heterocycles. The van der Waals surface area contributed by atoms with E-state index in [0.717, 1.165) is 18.6 Å². The van der Waals surface area contributed by atoms with Gasteiger partial charge in [-0.1, -0.05) is 38.5 Å². The molecule has 1 heteroatoms. The summed E-state index contributed by atoms with van der Waals surface area (Å²) in [4.78, 5) is 0. The molecule has 0 spiro atoms. The van der Waals surface area contributed by atoms with Crippen molar-refractivity contribution < 1.29 is 4.74 Å². The minimum Gasteiger partial charge on any atom is -0.490 e. The number of hydrogen-bond acceptors (Lipinski definition) is 1. The number of benzene rings is 1. The molecule has 14 heavy (non-hydrogen) atoms. The van der Waals surface area contributed by atoms with Crippen molar-refractivity contribution in [2.75, 3.05) is 0 Å². The molecule has 0 bridgehead atoms. The van der Waals surface area contributed by atoms with Gasteiger partial charge < -0.3 is 4.74 Å². The van der Waals surface area contributed by atoms with Gasteiger partial charge in [0, 0.05) is 0 Å². The van der Waals surface area contributed by atoms with Crippen molar-refractivity contribution >= 4 is 0 Å². The van der Waals surface area contributed by atoms with Gasteiger partial charge in [-0.15, -0.1) is 0 Å². The second kappa shape index (κ2) is 5.69. The maximum Gasteiger partial charge on any atom is 0.122 e. The topological polar surface area (TPSA) is 9.23 Å². The average Bonchev–Trinajstić information content (AvgIpc) is 2.21. The van der Waals surface area contributed by atoms with Gasteiger partial charge in [-0.2, -0.15) is 0 Å². The summed E-state index contributed by atoms with van der Waals surface area (Å²) in [5.41, 5.74) is 1.33. The van der Waals surface area contributed by atoms with Crippen LogP contribution in [0.2, 0.25) is 0 Å². The molecule has 1 rings (SSSR count). The zero-order valence-corrected chi connectivity index (χ0v) is 9.42. The number of ether oxygens (including phenoxy) is 1. The van der Waals surface area contributed by atoms with Gasteiger partial charge in [0.15, 0.2) is 0 Å². The third-order valence-corrected chi connectivity index (χ3v) is 2.40. The van der Waals surface area contributed by atoms with E-state index in [4.69, 9.17) is 4.74 Å². The number of para-hydroxylation sites is 1. The molecule has 78 valence electrons. The molecular weight excluding hydrogens is 172 g/mol. The number of rotatable bonds is 5. The lowest BCUT2D eigenvalue weighted by Gasteiger charge is -2.15. The molecule has 0 saturated carbocycles. The Morgan fingerprint density at radius 1 is 1.21 bits per heavy atom. The highest BCUT2D eigenvalue weighted by Crippen LogP contribution is 2.21. The van der Waals surface area contributed by atoms with E-state index in [9.17, 15) is 0 Å². The summed E-state index contributed by atoms with van der Waals surface area (Å²) >= 11 is 0. The Balaban J connectivity index is 2.73. The van der Waals surface area contributed by atoms with Crippen molar-refractivity contribution in [3.8, 4) is 5.75 Å². The fourth-order valence-corrected chi connectivity index (χ4v) is 1.39. The average molecular weight is 192 g/mol. The van der Waals surface area contributed by atoms with Gasteiger partial charge in [-0.05, 0) is 31.4 Å². The maximum absolute atomic E-state index is 5.85. The summed E-state index contributed by atoms with van der Waals surface area (Å²) in [5.74, 6) is 1.06. The molecule has 1 nitrogen and oxygen atoms in total. The second-order valence-electron chi connectivity index (χ2n) is 3.69.